The lowest BCUT2D eigenvalue weighted by atomic mass is 9.98. The Hall–Kier alpha value is -3.96. The number of halogens is 5. The Labute approximate surface area is 258 Å². The molecule has 3 heterocycles. The molecule has 0 aliphatic carbocycles. The minimum Gasteiger partial charge on any atom is -0.460 e. The van der Waals surface area contributed by atoms with E-state index in [2.05, 4.69) is 29.9 Å². The molecular weight excluding hydrogens is 629 g/mol. The fourth-order valence-electron chi connectivity index (χ4n) is 4.44. The largest absolute Gasteiger partial charge is 0.460 e. The van der Waals surface area contributed by atoms with Crippen LogP contribution in [0.1, 0.15) is 47.6 Å². The number of carbonyl (C=O) groups is 2. The van der Waals surface area contributed by atoms with Crippen molar-refractivity contribution in [2.24, 2.45) is 5.92 Å². The molecule has 1 N–H and O–H groups in total. The third kappa shape index (κ3) is 9.51. The first kappa shape index (κ1) is 33.9. The van der Waals surface area contributed by atoms with Crippen LogP contribution in [-0.4, -0.2) is 66.5 Å². The van der Waals surface area contributed by atoms with Crippen LogP contribution in [0.2, 0.25) is 0 Å². The van der Waals surface area contributed by atoms with Gasteiger partial charge in [-0.25, -0.2) is 15.0 Å². The molecule has 0 unspecified atom stereocenters. The molecule has 45 heavy (non-hydrogen) atoms. The summed E-state index contributed by atoms with van der Waals surface area (Å²) in [6.07, 6.45) is -0.466. The van der Waals surface area contributed by atoms with Gasteiger partial charge < -0.3 is 23.8 Å². The van der Waals surface area contributed by atoms with Gasteiger partial charge >= 0.3 is 18.8 Å². The van der Waals surface area contributed by atoms with Crippen molar-refractivity contribution < 1.29 is 50.5 Å². The summed E-state index contributed by atoms with van der Waals surface area (Å²) < 4.78 is 86.1. The molecule has 1 aliphatic rings. The van der Waals surface area contributed by atoms with Crippen molar-refractivity contribution in [3.05, 3.63) is 46.7 Å². The summed E-state index contributed by atoms with van der Waals surface area (Å²) in [5.41, 5.74) is -1.67. The van der Waals surface area contributed by atoms with Gasteiger partial charge in [0, 0.05) is 32.2 Å². The van der Waals surface area contributed by atoms with Crippen LogP contribution in [-0.2, 0) is 31.8 Å². The minimum absolute atomic E-state index is 0.0295. The number of benzene rings is 1. The van der Waals surface area contributed by atoms with Crippen molar-refractivity contribution in [3.8, 4) is 17.0 Å². The minimum atomic E-state index is -5.03. The standard InChI is InChI=1S/C28H30F5N5O6S/c1-3-41-15-42-13-17-6-8-38(9-7-17)23-12-34-20(11-35-23)25(40)37-27-36-24(22(45-27)14-43-16(2)39)18-4-5-21(44-26(29)30)19(10-18)28(31,32)33/h4-5,10-12,17,26H,3,6-9,13-15H2,1-2H3,(H,36,37,40). The molecule has 11 nitrogen and oxygen atoms in total. The van der Waals surface area contributed by atoms with Crippen molar-refractivity contribution in [3.63, 3.8) is 0 Å². The molecule has 0 saturated carbocycles. The summed E-state index contributed by atoms with van der Waals surface area (Å²) in [5, 5.41) is 2.50. The average Bonchev–Trinajstić information content (AvgIpc) is 3.40. The van der Waals surface area contributed by atoms with Crippen molar-refractivity contribution in [1.29, 1.82) is 0 Å². The Bertz CT molecular complexity index is 1450. The maximum absolute atomic E-state index is 13.7. The monoisotopic (exact) mass is 659 g/mol. The summed E-state index contributed by atoms with van der Waals surface area (Å²) in [6, 6.07) is 2.44. The maximum atomic E-state index is 13.7. The number of nitrogens with zero attached hydrogens (tertiary/aromatic N) is 4. The van der Waals surface area contributed by atoms with E-state index in [1.165, 1.54) is 12.4 Å². The molecule has 1 amide bonds. The van der Waals surface area contributed by atoms with Gasteiger partial charge in [0.15, 0.2) is 5.13 Å². The van der Waals surface area contributed by atoms with Gasteiger partial charge in [-0.1, -0.05) is 11.3 Å². The number of piperidine rings is 1. The van der Waals surface area contributed by atoms with Crippen molar-refractivity contribution in [2.45, 2.75) is 46.1 Å². The zero-order valence-electron chi connectivity index (χ0n) is 24.2. The van der Waals surface area contributed by atoms with E-state index in [-0.39, 0.29) is 40.4 Å². The third-order valence-electron chi connectivity index (χ3n) is 6.63. The molecule has 17 heteroatoms. The smallest absolute Gasteiger partial charge is 0.419 e. The van der Waals surface area contributed by atoms with E-state index in [1.54, 1.807) is 0 Å². The number of thiazole rings is 1. The highest BCUT2D eigenvalue weighted by Crippen LogP contribution is 2.41. The van der Waals surface area contributed by atoms with E-state index in [0.29, 0.717) is 31.0 Å². The first-order valence-electron chi connectivity index (χ1n) is 13.8. The number of amides is 1. The summed E-state index contributed by atoms with van der Waals surface area (Å²) in [7, 11) is 0. The molecular formula is C28H30F5N5O6S. The van der Waals surface area contributed by atoms with Crippen molar-refractivity contribution >= 4 is 34.2 Å². The second kappa shape index (κ2) is 15.4. The lowest BCUT2D eigenvalue weighted by Crippen LogP contribution is -2.35. The molecule has 1 fully saturated rings. The molecule has 0 spiro atoms. The number of aromatic nitrogens is 3. The summed E-state index contributed by atoms with van der Waals surface area (Å²) in [4.78, 5) is 39.4. The molecule has 1 saturated heterocycles. The summed E-state index contributed by atoms with van der Waals surface area (Å²) in [5.74, 6) is -1.41. The van der Waals surface area contributed by atoms with E-state index in [1.807, 2.05) is 6.92 Å². The van der Waals surface area contributed by atoms with Crippen LogP contribution < -0.4 is 15.0 Å². The quantitative estimate of drug-likeness (QED) is 0.105. The molecule has 0 radical (unpaired) electrons. The first-order chi connectivity index (χ1) is 21.4. The molecule has 3 aromatic rings. The van der Waals surface area contributed by atoms with E-state index >= 15 is 0 Å². The SMILES string of the molecule is CCOCOCC1CCN(c2cnc(C(=O)Nc3nc(-c4ccc(OC(F)F)c(C(F)(F)F)c4)c(COC(C)=O)s3)cn2)CC1. The first-order valence-corrected chi connectivity index (χ1v) is 14.6. The third-order valence-corrected chi connectivity index (χ3v) is 7.58. The summed E-state index contributed by atoms with van der Waals surface area (Å²) in [6.45, 7) is 2.16. The van der Waals surface area contributed by atoms with Gasteiger partial charge in [0.1, 0.15) is 30.7 Å². The average molecular weight is 660 g/mol. The van der Waals surface area contributed by atoms with Crippen LogP contribution in [0.25, 0.3) is 11.3 Å². The van der Waals surface area contributed by atoms with Gasteiger partial charge in [-0.3, -0.25) is 14.9 Å². The van der Waals surface area contributed by atoms with Crippen LogP contribution in [0.15, 0.2) is 30.6 Å². The lowest BCUT2D eigenvalue weighted by molar-refractivity contribution is -0.142. The van der Waals surface area contributed by atoms with E-state index in [4.69, 9.17) is 14.2 Å². The predicted molar refractivity (Wildman–Crippen MR) is 152 cm³/mol. The van der Waals surface area contributed by atoms with Crippen LogP contribution in [0.5, 0.6) is 5.75 Å². The van der Waals surface area contributed by atoms with Gasteiger partial charge in [-0.05, 0) is 43.9 Å². The number of carbonyl (C=O) groups excluding carboxylic acids is 2. The Morgan fingerprint density at radius 2 is 1.89 bits per heavy atom. The number of nitrogens with one attached hydrogen (secondary N) is 1. The highest BCUT2D eigenvalue weighted by molar-refractivity contribution is 7.16. The Balaban J connectivity index is 1.47. The zero-order chi connectivity index (χ0) is 32.6. The van der Waals surface area contributed by atoms with Crippen molar-refractivity contribution in [1.82, 2.24) is 15.0 Å². The van der Waals surface area contributed by atoms with Crippen LogP contribution in [0.3, 0.4) is 0 Å². The van der Waals surface area contributed by atoms with Crippen LogP contribution >= 0.6 is 11.3 Å². The fourth-order valence-corrected chi connectivity index (χ4v) is 5.33. The Kier molecular flexibility index (Phi) is 11.6. The Morgan fingerprint density at radius 3 is 2.51 bits per heavy atom. The number of hydrogen-bond acceptors (Lipinski definition) is 11. The Morgan fingerprint density at radius 1 is 1.13 bits per heavy atom. The number of rotatable bonds is 13. The molecule has 2 aromatic heterocycles. The normalized spacial score (nSPS) is 14.1. The number of anilines is 2. The molecule has 0 bridgehead atoms. The van der Waals surface area contributed by atoms with E-state index < -0.39 is 36.0 Å². The van der Waals surface area contributed by atoms with Gasteiger partial charge in [0.05, 0.1) is 35.1 Å². The van der Waals surface area contributed by atoms with Crippen LogP contribution in [0.4, 0.5) is 32.9 Å². The highest BCUT2D eigenvalue weighted by Gasteiger charge is 2.36. The zero-order valence-corrected chi connectivity index (χ0v) is 25.1. The lowest BCUT2D eigenvalue weighted by Gasteiger charge is -2.32. The number of ether oxygens (including phenoxy) is 4. The van der Waals surface area contributed by atoms with E-state index in [0.717, 1.165) is 56.3 Å². The molecule has 1 aliphatic heterocycles. The van der Waals surface area contributed by atoms with Crippen LogP contribution in [0, 0.1) is 5.92 Å². The molecule has 1 aromatic carbocycles. The predicted octanol–water partition coefficient (Wildman–Crippen LogP) is 5.76. The molecule has 244 valence electrons. The van der Waals surface area contributed by atoms with Gasteiger partial charge in [0.2, 0.25) is 0 Å². The second-order valence-corrected chi connectivity index (χ2v) is 10.9. The second-order valence-electron chi connectivity index (χ2n) is 9.78. The number of alkyl halides is 5. The van der Waals surface area contributed by atoms with Gasteiger partial charge in [-0.15, -0.1) is 0 Å². The van der Waals surface area contributed by atoms with Gasteiger partial charge in [-0.2, -0.15) is 22.0 Å². The topological polar surface area (TPSA) is 125 Å². The van der Waals surface area contributed by atoms with Crippen molar-refractivity contribution in [2.75, 3.05) is 43.3 Å². The summed E-state index contributed by atoms with van der Waals surface area (Å²) >= 11 is 0.854. The number of esters is 1. The van der Waals surface area contributed by atoms with E-state index in [9.17, 15) is 31.5 Å². The fraction of sp³-hybridized carbons (Fsp3) is 0.464. The van der Waals surface area contributed by atoms with Gasteiger partial charge in [0.25, 0.3) is 5.91 Å². The highest BCUT2D eigenvalue weighted by atomic mass is 32.1. The molecule has 0 atom stereocenters. The molecule has 4 rings (SSSR count). The maximum Gasteiger partial charge on any atom is 0.419 e. The number of hydrogen-bond donors (Lipinski definition) is 1.